The third-order valence-electron chi connectivity index (χ3n) is 5.17. The number of hydrogen-bond acceptors (Lipinski definition) is 5. The first-order chi connectivity index (χ1) is 12.0. The third kappa shape index (κ3) is 5.78. The smallest absolute Gasteiger partial charge is 0.232 e. The highest BCUT2D eigenvalue weighted by atomic mass is 16.5. The van der Waals surface area contributed by atoms with Crippen molar-refractivity contribution in [2.45, 2.75) is 39.0 Å². The van der Waals surface area contributed by atoms with E-state index in [1.807, 2.05) is 14.0 Å². The van der Waals surface area contributed by atoms with Crippen molar-refractivity contribution in [2.75, 3.05) is 39.9 Å². The molecule has 0 aromatic heterocycles. The van der Waals surface area contributed by atoms with Crippen molar-refractivity contribution in [3.63, 3.8) is 0 Å². The van der Waals surface area contributed by atoms with Crippen molar-refractivity contribution in [2.24, 2.45) is 17.8 Å². The van der Waals surface area contributed by atoms with Gasteiger partial charge in [-0.3, -0.25) is 19.3 Å². The molecule has 7 nitrogen and oxygen atoms in total. The Morgan fingerprint density at radius 1 is 1.16 bits per heavy atom. The van der Waals surface area contributed by atoms with Gasteiger partial charge in [0.15, 0.2) is 0 Å². The minimum absolute atomic E-state index is 0.0388. The van der Waals surface area contributed by atoms with Gasteiger partial charge in [-0.05, 0) is 38.6 Å². The summed E-state index contributed by atoms with van der Waals surface area (Å²) < 4.78 is 5.39. The molecule has 25 heavy (non-hydrogen) atoms. The van der Waals surface area contributed by atoms with Gasteiger partial charge in [-0.1, -0.05) is 6.92 Å². The Labute approximate surface area is 149 Å². The molecule has 7 heteroatoms. The Hall–Kier alpha value is -1.47. The lowest BCUT2D eigenvalue weighted by molar-refractivity contribution is -0.140. The number of imide groups is 1. The lowest BCUT2D eigenvalue weighted by Crippen LogP contribution is -2.39. The Kier molecular flexibility index (Phi) is 7.84. The molecule has 1 aliphatic heterocycles. The van der Waals surface area contributed by atoms with Gasteiger partial charge in [0.25, 0.3) is 0 Å². The van der Waals surface area contributed by atoms with Crippen LogP contribution in [-0.4, -0.2) is 62.5 Å². The summed E-state index contributed by atoms with van der Waals surface area (Å²) in [5.74, 6) is 0.200. The largest absolute Gasteiger partial charge is 0.378 e. The average Bonchev–Trinajstić information content (AvgIpc) is 2.84. The van der Waals surface area contributed by atoms with E-state index in [1.165, 1.54) is 4.90 Å². The molecule has 0 spiro atoms. The number of amides is 3. The second-order valence-electron chi connectivity index (χ2n) is 7.17. The normalized spacial score (nSPS) is 27.0. The Morgan fingerprint density at radius 3 is 2.44 bits per heavy atom. The van der Waals surface area contributed by atoms with Gasteiger partial charge in [0.1, 0.15) is 0 Å². The van der Waals surface area contributed by atoms with E-state index in [2.05, 4.69) is 10.6 Å². The van der Waals surface area contributed by atoms with E-state index in [4.69, 9.17) is 4.74 Å². The quantitative estimate of drug-likeness (QED) is 0.467. The average molecular weight is 353 g/mol. The molecule has 1 heterocycles. The highest BCUT2D eigenvalue weighted by Gasteiger charge is 2.37. The molecular formula is C18H31N3O4. The van der Waals surface area contributed by atoms with Crippen LogP contribution in [0.15, 0.2) is 0 Å². The van der Waals surface area contributed by atoms with Gasteiger partial charge >= 0.3 is 0 Å². The zero-order valence-corrected chi connectivity index (χ0v) is 15.4. The van der Waals surface area contributed by atoms with E-state index in [1.54, 1.807) is 0 Å². The Balaban J connectivity index is 1.63. The van der Waals surface area contributed by atoms with Gasteiger partial charge in [-0.2, -0.15) is 0 Å². The molecule has 0 aromatic rings. The molecule has 1 aliphatic carbocycles. The lowest BCUT2D eigenvalue weighted by Gasteiger charge is -2.30. The fraction of sp³-hybridized carbons (Fsp3) is 0.833. The number of likely N-dealkylation sites (N-methyl/N-ethyl adjacent to an activating group) is 1. The van der Waals surface area contributed by atoms with Gasteiger partial charge in [-0.15, -0.1) is 0 Å². The van der Waals surface area contributed by atoms with Crippen LogP contribution >= 0.6 is 0 Å². The molecule has 1 atom stereocenters. The molecule has 142 valence electrons. The van der Waals surface area contributed by atoms with Gasteiger partial charge in [0.05, 0.1) is 13.2 Å². The minimum atomic E-state index is -0.176. The summed E-state index contributed by atoms with van der Waals surface area (Å²) in [7, 11) is 1.87. The van der Waals surface area contributed by atoms with Gasteiger partial charge in [-0.25, -0.2) is 0 Å². The van der Waals surface area contributed by atoms with Gasteiger partial charge < -0.3 is 15.4 Å². The standard InChI is InChI=1S/C18H31N3O4/c1-13-11-16(22)21(18(13)24)12-14-3-5-15(6-4-14)17(23)20-8-10-25-9-7-19-2/h13-15,19H,3-12H2,1-2H3,(H,20,23). The van der Waals surface area contributed by atoms with Gasteiger partial charge in [0.2, 0.25) is 17.7 Å². The number of ether oxygens (including phenoxy) is 1. The number of carbonyl (C=O) groups excluding carboxylic acids is 3. The monoisotopic (exact) mass is 353 g/mol. The maximum absolute atomic E-state index is 12.2. The topological polar surface area (TPSA) is 87.7 Å². The molecule has 1 saturated carbocycles. The predicted octanol–water partition coefficient (Wildman–Crippen LogP) is 0.540. The molecule has 1 unspecified atom stereocenters. The lowest BCUT2D eigenvalue weighted by atomic mass is 9.81. The molecular weight excluding hydrogens is 322 g/mol. The fourth-order valence-electron chi connectivity index (χ4n) is 3.57. The van der Waals surface area contributed by atoms with Crippen LogP contribution in [0, 0.1) is 17.8 Å². The molecule has 2 rings (SSSR count). The van der Waals surface area contributed by atoms with Crippen molar-refractivity contribution in [3.8, 4) is 0 Å². The Morgan fingerprint density at radius 2 is 1.84 bits per heavy atom. The van der Waals surface area contributed by atoms with Crippen LogP contribution in [0.25, 0.3) is 0 Å². The maximum atomic E-state index is 12.2. The van der Waals surface area contributed by atoms with Crippen molar-refractivity contribution in [1.82, 2.24) is 15.5 Å². The first-order valence-electron chi connectivity index (χ1n) is 9.37. The van der Waals surface area contributed by atoms with Crippen LogP contribution in [-0.2, 0) is 19.1 Å². The minimum Gasteiger partial charge on any atom is -0.378 e. The fourth-order valence-corrected chi connectivity index (χ4v) is 3.57. The van der Waals surface area contributed by atoms with Crippen molar-refractivity contribution in [1.29, 1.82) is 0 Å². The number of rotatable bonds is 9. The zero-order chi connectivity index (χ0) is 18.2. The van der Waals surface area contributed by atoms with Crippen LogP contribution in [0.3, 0.4) is 0 Å². The first-order valence-corrected chi connectivity index (χ1v) is 9.37. The highest BCUT2D eigenvalue weighted by Crippen LogP contribution is 2.31. The summed E-state index contributed by atoms with van der Waals surface area (Å²) in [5.41, 5.74) is 0. The van der Waals surface area contributed by atoms with E-state index < -0.39 is 0 Å². The number of hydrogen-bond donors (Lipinski definition) is 2. The number of nitrogens with one attached hydrogen (secondary N) is 2. The Bertz CT molecular complexity index is 475. The number of likely N-dealkylation sites (tertiary alicyclic amines) is 1. The zero-order valence-electron chi connectivity index (χ0n) is 15.4. The second kappa shape index (κ2) is 9.87. The van der Waals surface area contributed by atoms with Crippen molar-refractivity contribution >= 4 is 17.7 Å². The third-order valence-corrected chi connectivity index (χ3v) is 5.17. The summed E-state index contributed by atoms with van der Waals surface area (Å²) >= 11 is 0. The van der Waals surface area contributed by atoms with Crippen LogP contribution in [0.1, 0.15) is 39.0 Å². The molecule has 2 fully saturated rings. The van der Waals surface area contributed by atoms with Crippen LogP contribution < -0.4 is 10.6 Å². The summed E-state index contributed by atoms with van der Waals surface area (Å²) in [6.07, 6.45) is 3.77. The van der Waals surface area contributed by atoms with E-state index in [0.29, 0.717) is 38.6 Å². The molecule has 2 aliphatic rings. The van der Waals surface area contributed by atoms with Crippen LogP contribution in [0.2, 0.25) is 0 Å². The van der Waals surface area contributed by atoms with Crippen LogP contribution in [0.5, 0.6) is 0 Å². The number of nitrogens with zero attached hydrogens (tertiary/aromatic N) is 1. The number of carbonyl (C=O) groups is 3. The molecule has 0 bridgehead atoms. The van der Waals surface area contributed by atoms with E-state index >= 15 is 0 Å². The SMILES string of the molecule is CNCCOCCNC(=O)C1CCC(CN2C(=O)CC(C)C2=O)CC1. The summed E-state index contributed by atoms with van der Waals surface area (Å²) in [6, 6.07) is 0. The molecule has 2 N–H and O–H groups in total. The van der Waals surface area contributed by atoms with E-state index in [9.17, 15) is 14.4 Å². The van der Waals surface area contributed by atoms with E-state index in [0.717, 1.165) is 32.2 Å². The highest BCUT2D eigenvalue weighted by molar-refractivity contribution is 6.03. The molecule has 3 amide bonds. The maximum Gasteiger partial charge on any atom is 0.232 e. The van der Waals surface area contributed by atoms with E-state index in [-0.39, 0.29) is 29.6 Å². The summed E-state index contributed by atoms with van der Waals surface area (Å²) in [5, 5.41) is 5.93. The predicted molar refractivity (Wildman–Crippen MR) is 93.7 cm³/mol. The van der Waals surface area contributed by atoms with Crippen LogP contribution in [0.4, 0.5) is 0 Å². The molecule has 1 saturated heterocycles. The second-order valence-corrected chi connectivity index (χ2v) is 7.17. The van der Waals surface area contributed by atoms with Crippen molar-refractivity contribution in [3.05, 3.63) is 0 Å². The summed E-state index contributed by atoms with van der Waals surface area (Å²) in [6.45, 7) is 4.85. The van der Waals surface area contributed by atoms with Gasteiger partial charge in [0, 0.05) is 37.9 Å². The molecule has 0 aromatic carbocycles. The van der Waals surface area contributed by atoms with Crippen molar-refractivity contribution < 1.29 is 19.1 Å². The molecule has 0 radical (unpaired) electrons. The first kappa shape index (κ1) is 19.8. The summed E-state index contributed by atoms with van der Waals surface area (Å²) in [4.78, 5) is 37.5.